The molecular formula is C15H20F2N2O2. The number of benzene rings is 1. The van der Waals surface area contributed by atoms with Gasteiger partial charge in [-0.2, -0.15) is 0 Å². The lowest BCUT2D eigenvalue weighted by atomic mass is 10.1. The number of carbonyl (C=O) groups is 1. The van der Waals surface area contributed by atoms with Gasteiger partial charge in [0.05, 0.1) is 0 Å². The first-order valence-electron chi connectivity index (χ1n) is 7.16. The van der Waals surface area contributed by atoms with Crippen molar-refractivity contribution in [2.45, 2.75) is 19.8 Å². The number of aromatic hydroxyl groups is 1. The SMILES string of the molecule is C[C@H](CNC(=O)c1c(O)cc(F)cc1F)CN1CCCC1. The molecule has 1 fully saturated rings. The minimum atomic E-state index is -1.06. The number of hydrogen-bond acceptors (Lipinski definition) is 3. The van der Waals surface area contributed by atoms with E-state index in [1.807, 2.05) is 6.92 Å². The molecule has 0 aromatic heterocycles. The number of amides is 1. The predicted octanol–water partition coefficient (Wildman–Crippen LogP) is 2.13. The number of nitrogens with zero attached hydrogens (tertiary/aromatic N) is 1. The van der Waals surface area contributed by atoms with E-state index in [-0.39, 0.29) is 5.92 Å². The molecular weight excluding hydrogens is 278 g/mol. The third-order valence-electron chi connectivity index (χ3n) is 3.64. The van der Waals surface area contributed by atoms with Gasteiger partial charge in [0.25, 0.3) is 5.91 Å². The van der Waals surface area contributed by atoms with Crippen LogP contribution in [0.4, 0.5) is 8.78 Å². The molecule has 1 amide bonds. The Hall–Kier alpha value is -1.69. The standard InChI is InChI=1S/C15H20F2N2O2/c1-10(9-19-4-2-3-5-19)8-18-15(21)14-12(17)6-11(16)7-13(14)20/h6-7,10,20H,2-5,8-9H2,1H3,(H,18,21)/t10-/m1/s1. The second-order valence-electron chi connectivity index (χ2n) is 5.60. The van der Waals surface area contributed by atoms with Crippen molar-refractivity contribution >= 4 is 5.91 Å². The summed E-state index contributed by atoms with van der Waals surface area (Å²) in [4.78, 5) is 14.2. The van der Waals surface area contributed by atoms with E-state index in [4.69, 9.17) is 0 Å². The second kappa shape index (κ2) is 6.85. The van der Waals surface area contributed by atoms with Crippen LogP contribution in [0.1, 0.15) is 30.1 Å². The average molecular weight is 298 g/mol. The number of halogens is 2. The van der Waals surface area contributed by atoms with Gasteiger partial charge in [0.2, 0.25) is 0 Å². The van der Waals surface area contributed by atoms with Gasteiger partial charge in [0.15, 0.2) is 0 Å². The lowest BCUT2D eigenvalue weighted by molar-refractivity contribution is 0.0938. The zero-order chi connectivity index (χ0) is 15.4. The van der Waals surface area contributed by atoms with Crippen LogP contribution in [-0.2, 0) is 0 Å². The zero-order valence-corrected chi connectivity index (χ0v) is 12.0. The van der Waals surface area contributed by atoms with E-state index in [2.05, 4.69) is 10.2 Å². The maximum atomic E-state index is 13.5. The van der Waals surface area contributed by atoms with Gasteiger partial charge in [-0.3, -0.25) is 4.79 Å². The predicted molar refractivity (Wildman–Crippen MR) is 75.2 cm³/mol. The maximum absolute atomic E-state index is 13.5. The first-order valence-corrected chi connectivity index (χ1v) is 7.16. The molecule has 2 N–H and O–H groups in total. The van der Waals surface area contributed by atoms with E-state index >= 15 is 0 Å². The highest BCUT2D eigenvalue weighted by atomic mass is 19.1. The Balaban J connectivity index is 1.89. The summed E-state index contributed by atoms with van der Waals surface area (Å²) in [7, 11) is 0. The molecule has 0 radical (unpaired) electrons. The van der Waals surface area contributed by atoms with Crippen molar-refractivity contribution in [3.05, 3.63) is 29.3 Å². The molecule has 1 aliphatic rings. The summed E-state index contributed by atoms with van der Waals surface area (Å²) >= 11 is 0. The summed E-state index contributed by atoms with van der Waals surface area (Å²) in [5.41, 5.74) is -0.509. The molecule has 6 heteroatoms. The van der Waals surface area contributed by atoms with E-state index in [0.717, 1.165) is 25.7 Å². The molecule has 1 atom stereocenters. The summed E-state index contributed by atoms with van der Waals surface area (Å²) in [5, 5.41) is 12.1. The maximum Gasteiger partial charge on any atom is 0.258 e. The summed E-state index contributed by atoms with van der Waals surface area (Å²) in [6, 6.07) is 1.31. The number of likely N-dealkylation sites (tertiary alicyclic amines) is 1. The Bertz CT molecular complexity index is 493. The smallest absolute Gasteiger partial charge is 0.258 e. The van der Waals surface area contributed by atoms with E-state index in [9.17, 15) is 18.7 Å². The number of carbonyl (C=O) groups excluding carboxylic acids is 1. The first-order chi connectivity index (χ1) is 9.97. The van der Waals surface area contributed by atoms with Crippen molar-refractivity contribution in [3.8, 4) is 5.75 Å². The number of phenols is 1. The largest absolute Gasteiger partial charge is 0.507 e. The summed E-state index contributed by atoms with van der Waals surface area (Å²) in [6.45, 7) is 5.40. The third-order valence-corrected chi connectivity index (χ3v) is 3.64. The molecule has 0 spiro atoms. The number of rotatable bonds is 5. The molecule has 1 saturated heterocycles. The van der Waals surface area contributed by atoms with E-state index in [0.29, 0.717) is 12.6 Å². The number of phenolic OH excluding ortho intramolecular Hbond substituents is 1. The summed E-state index contributed by atoms with van der Waals surface area (Å²) in [5.74, 6) is -3.16. The Morgan fingerprint density at radius 3 is 2.67 bits per heavy atom. The first kappa shape index (κ1) is 15.7. The van der Waals surface area contributed by atoms with Crippen molar-refractivity contribution in [2.24, 2.45) is 5.92 Å². The highest BCUT2D eigenvalue weighted by Crippen LogP contribution is 2.21. The van der Waals surface area contributed by atoms with E-state index in [1.54, 1.807) is 0 Å². The van der Waals surface area contributed by atoms with Gasteiger partial charge in [-0.05, 0) is 31.8 Å². The van der Waals surface area contributed by atoms with Crippen LogP contribution in [0.2, 0.25) is 0 Å². The van der Waals surface area contributed by atoms with Gasteiger partial charge in [0.1, 0.15) is 22.9 Å². The fourth-order valence-corrected chi connectivity index (χ4v) is 2.61. The molecule has 1 heterocycles. The number of nitrogens with one attached hydrogen (secondary N) is 1. The van der Waals surface area contributed by atoms with Crippen LogP contribution in [-0.4, -0.2) is 42.1 Å². The van der Waals surface area contributed by atoms with Crippen molar-refractivity contribution in [1.82, 2.24) is 10.2 Å². The zero-order valence-electron chi connectivity index (χ0n) is 12.0. The van der Waals surface area contributed by atoms with Crippen LogP contribution in [0.5, 0.6) is 5.75 Å². The molecule has 1 aromatic rings. The highest BCUT2D eigenvalue weighted by Gasteiger charge is 2.20. The average Bonchev–Trinajstić information content (AvgIpc) is 2.88. The third kappa shape index (κ3) is 4.14. The van der Waals surface area contributed by atoms with Gasteiger partial charge < -0.3 is 15.3 Å². The van der Waals surface area contributed by atoms with E-state index < -0.39 is 28.9 Å². The second-order valence-corrected chi connectivity index (χ2v) is 5.60. The van der Waals surface area contributed by atoms with Crippen molar-refractivity contribution in [1.29, 1.82) is 0 Å². The molecule has 2 rings (SSSR count). The molecule has 0 unspecified atom stereocenters. The van der Waals surface area contributed by atoms with Crippen molar-refractivity contribution in [2.75, 3.05) is 26.2 Å². The van der Waals surface area contributed by atoms with Crippen molar-refractivity contribution < 1.29 is 18.7 Å². The lowest BCUT2D eigenvalue weighted by Gasteiger charge is -2.20. The van der Waals surface area contributed by atoms with Crippen LogP contribution < -0.4 is 5.32 Å². The van der Waals surface area contributed by atoms with Gasteiger partial charge in [-0.1, -0.05) is 6.92 Å². The van der Waals surface area contributed by atoms with Crippen LogP contribution >= 0.6 is 0 Å². The van der Waals surface area contributed by atoms with Crippen LogP contribution in [0, 0.1) is 17.6 Å². The lowest BCUT2D eigenvalue weighted by Crippen LogP contribution is -2.34. The van der Waals surface area contributed by atoms with Crippen LogP contribution in [0.15, 0.2) is 12.1 Å². The Morgan fingerprint density at radius 1 is 1.38 bits per heavy atom. The Kier molecular flexibility index (Phi) is 5.12. The van der Waals surface area contributed by atoms with Gasteiger partial charge in [0, 0.05) is 25.2 Å². The molecule has 1 aliphatic heterocycles. The van der Waals surface area contributed by atoms with Crippen LogP contribution in [0.25, 0.3) is 0 Å². The fourth-order valence-electron chi connectivity index (χ4n) is 2.61. The Labute approximate surface area is 122 Å². The monoisotopic (exact) mass is 298 g/mol. The minimum absolute atomic E-state index is 0.220. The molecule has 1 aromatic carbocycles. The number of hydrogen-bond donors (Lipinski definition) is 2. The highest BCUT2D eigenvalue weighted by molar-refractivity contribution is 5.97. The fraction of sp³-hybridized carbons (Fsp3) is 0.533. The van der Waals surface area contributed by atoms with E-state index in [1.165, 1.54) is 12.8 Å². The van der Waals surface area contributed by atoms with Gasteiger partial charge in [-0.25, -0.2) is 8.78 Å². The van der Waals surface area contributed by atoms with Gasteiger partial charge >= 0.3 is 0 Å². The van der Waals surface area contributed by atoms with Crippen LogP contribution in [0.3, 0.4) is 0 Å². The minimum Gasteiger partial charge on any atom is -0.507 e. The molecule has 116 valence electrons. The van der Waals surface area contributed by atoms with Crippen molar-refractivity contribution in [3.63, 3.8) is 0 Å². The Morgan fingerprint density at radius 2 is 2.05 bits per heavy atom. The topological polar surface area (TPSA) is 52.6 Å². The molecule has 0 aliphatic carbocycles. The van der Waals surface area contributed by atoms with Gasteiger partial charge in [-0.15, -0.1) is 0 Å². The summed E-state index contributed by atoms with van der Waals surface area (Å²) in [6.07, 6.45) is 2.40. The molecule has 21 heavy (non-hydrogen) atoms. The molecule has 0 bridgehead atoms. The summed E-state index contributed by atoms with van der Waals surface area (Å²) < 4.78 is 26.4. The molecule has 0 saturated carbocycles. The molecule has 4 nitrogen and oxygen atoms in total. The quantitative estimate of drug-likeness (QED) is 0.875. The normalized spacial score (nSPS) is 16.9.